The summed E-state index contributed by atoms with van der Waals surface area (Å²) in [6.45, 7) is 8.88. The van der Waals surface area contributed by atoms with Crippen molar-refractivity contribution in [1.82, 2.24) is 20.4 Å². The third kappa shape index (κ3) is 9.72. The number of nitrogens with zero attached hydrogens (tertiary/aromatic N) is 3. The number of halogens is 1. The molecule has 1 aliphatic rings. The van der Waals surface area contributed by atoms with Crippen LogP contribution in [0.1, 0.15) is 46.0 Å². The molecule has 0 aromatic carbocycles. The predicted molar refractivity (Wildman–Crippen MR) is 112 cm³/mol. The monoisotopic (exact) mass is 439 g/mol. The maximum atomic E-state index is 4.36. The lowest BCUT2D eigenvalue weighted by Gasteiger charge is -2.38. The molecule has 0 aliphatic carbocycles. The molecule has 1 saturated heterocycles. The molecule has 1 aliphatic heterocycles. The minimum atomic E-state index is 0. The topological polar surface area (TPSA) is 42.9 Å². The maximum Gasteiger partial charge on any atom is 0.191 e. The van der Waals surface area contributed by atoms with Crippen molar-refractivity contribution in [2.45, 2.75) is 58.0 Å². The van der Waals surface area contributed by atoms with Crippen molar-refractivity contribution in [3.63, 3.8) is 0 Å². The SMILES string of the molecule is CCCCCCC(C)NC(=NC)NCC1CN(C)CCN1C.I. The number of aliphatic imine (C=N–C) groups is 1. The Morgan fingerprint density at radius 3 is 2.61 bits per heavy atom. The van der Waals surface area contributed by atoms with E-state index in [9.17, 15) is 0 Å². The molecule has 2 unspecified atom stereocenters. The molecular weight excluding hydrogens is 401 g/mol. The Hall–Kier alpha value is -0.0800. The summed E-state index contributed by atoms with van der Waals surface area (Å²) in [5.41, 5.74) is 0. The average Bonchev–Trinajstić information content (AvgIpc) is 2.51. The predicted octanol–water partition coefficient (Wildman–Crippen LogP) is 2.37. The molecule has 1 heterocycles. The number of nitrogens with one attached hydrogen (secondary N) is 2. The van der Waals surface area contributed by atoms with Crippen molar-refractivity contribution in [2.75, 3.05) is 47.3 Å². The first-order valence-electron chi connectivity index (χ1n) is 8.92. The van der Waals surface area contributed by atoms with Crippen molar-refractivity contribution in [3.05, 3.63) is 0 Å². The highest BCUT2D eigenvalue weighted by Crippen LogP contribution is 2.06. The van der Waals surface area contributed by atoms with Crippen LogP contribution in [0.25, 0.3) is 0 Å². The summed E-state index contributed by atoms with van der Waals surface area (Å²) in [7, 11) is 6.27. The normalized spacial score (nSPS) is 21.6. The summed E-state index contributed by atoms with van der Waals surface area (Å²) < 4.78 is 0. The van der Waals surface area contributed by atoms with Crippen LogP contribution < -0.4 is 10.6 Å². The molecule has 0 saturated carbocycles. The van der Waals surface area contributed by atoms with E-state index >= 15 is 0 Å². The lowest BCUT2D eigenvalue weighted by Crippen LogP contribution is -2.55. The van der Waals surface area contributed by atoms with Crippen LogP contribution in [0.4, 0.5) is 0 Å². The van der Waals surface area contributed by atoms with Gasteiger partial charge in [0, 0.05) is 45.3 Å². The van der Waals surface area contributed by atoms with Gasteiger partial charge in [-0.15, -0.1) is 24.0 Å². The van der Waals surface area contributed by atoms with E-state index in [0.29, 0.717) is 12.1 Å². The van der Waals surface area contributed by atoms with Crippen LogP contribution in [-0.2, 0) is 0 Å². The second-order valence-corrected chi connectivity index (χ2v) is 6.74. The Balaban J connectivity index is 0.00000484. The first-order chi connectivity index (χ1) is 10.6. The fourth-order valence-electron chi connectivity index (χ4n) is 2.91. The molecule has 1 rings (SSSR count). The molecule has 2 atom stereocenters. The van der Waals surface area contributed by atoms with Gasteiger partial charge in [-0.3, -0.25) is 9.89 Å². The van der Waals surface area contributed by atoms with Crippen molar-refractivity contribution in [1.29, 1.82) is 0 Å². The molecule has 2 N–H and O–H groups in total. The number of likely N-dealkylation sites (N-methyl/N-ethyl adjacent to an activating group) is 2. The van der Waals surface area contributed by atoms with Gasteiger partial charge < -0.3 is 15.5 Å². The largest absolute Gasteiger partial charge is 0.355 e. The smallest absolute Gasteiger partial charge is 0.191 e. The zero-order valence-corrected chi connectivity index (χ0v) is 18.1. The van der Waals surface area contributed by atoms with E-state index in [1.807, 2.05) is 7.05 Å². The summed E-state index contributed by atoms with van der Waals surface area (Å²) in [5, 5.41) is 7.01. The van der Waals surface area contributed by atoms with Gasteiger partial charge in [0.25, 0.3) is 0 Å². The Morgan fingerprint density at radius 1 is 1.22 bits per heavy atom. The summed E-state index contributed by atoms with van der Waals surface area (Å²) in [5.74, 6) is 0.935. The Labute approximate surface area is 160 Å². The van der Waals surface area contributed by atoms with E-state index in [2.05, 4.69) is 53.4 Å². The molecule has 5 nitrogen and oxygen atoms in total. The third-order valence-corrected chi connectivity index (χ3v) is 4.58. The molecule has 6 heteroatoms. The van der Waals surface area contributed by atoms with E-state index in [1.165, 1.54) is 32.1 Å². The zero-order valence-electron chi connectivity index (χ0n) is 15.8. The van der Waals surface area contributed by atoms with Crippen LogP contribution in [0, 0.1) is 0 Å². The second-order valence-electron chi connectivity index (χ2n) is 6.74. The van der Waals surface area contributed by atoms with Gasteiger partial charge in [-0.2, -0.15) is 0 Å². The van der Waals surface area contributed by atoms with Crippen molar-refractivity contribution >= 4 is 29.9 Å². The summed E-state index contributed by atoms with van der Waals surface area (Å²) in [6, 6.07) is 1.03. The molecule has 0 amide bonds. The van der Waals surface area contributed by atoms with Crippen LogP contribution in [-0.4, -0.2) is 75.2 Å². The molecule has 0 aromatic rings. The molecule has 0 bridgehead atoms. The van der Waals surface area contributed by atoms with E-state index in [4.69, 9.17) is 0 Å². The van der Waals surface area contributed by atoms with Crippen LogP contribution in [0.2, 0.25) is 0 Å². The highest BCUT2D eigenvalue weighted by Gasteiger charge is 2.22. The average molecular weight is 439 g/mol. The number of hydrogen-bond donors (Lipinski definition) is 2. The van der Waals surface area contributed by atoms with E-state index in [1.54, 1.807) is 0 Å². The number of guanidine groups is 1. The molecule has 138 valence electrons. The van der Waals surface area contributed by atoms with Gasteiger partial charge >= 0.3 is 0 Å². The zero-order chi connectivity index (χ0) is 16.4. The molecule has 0 spiro atoms. The van der Waals surface area contributed by atoms with Gasteiger partial charge in [0.15, 0.2) is 5.96 Å². The van der Waals surface area contributed by atoms with Gasteiger partial charge in [0.05, 0.1) is 0 Å². The van der Waals surface area contributed by atoms with Crippen LogP contribution in [0.3, 0.4) is 0 Å². The van der Waals surface area contributed by atoms with Gasteiger partial charge in [0.1, 0.15) is 0 Å². The van der Waals surface area contributed by atoms with Crippen molar-refractivity contribution in [2.24, 2.45) is 4.99 Å². The van der Waals surface area contributed by atoms with Crippen molar-refractivity contribution < 1.29 is 0 Å². The van der Waals surface area contributed by atoms with Crippen LogP contribution in [0.5, 0.6) is 0 Å². The highest BCUT2D eigenvalue weighted by molar-refractivity contribution is 14.0. The maximum absolute atomic E-state index is 4.36. The fourth-order valence-corrected chi connectivity index (χ4v) is 2.91. The standard InChI is InChI=1S/C17H37N5.HI/c1-6-7-8-9-10-15(2)20-17(18-3)19-13-16-14-21(4)11-12-22(16)5;/h15-16H,6-14H2,1-5H3,(H2,18,19,20);1H. The first-order valence-corrected chi connectivity index (χ1v) is 8.92. The number of piperazine rings is 1. The number of unbranched alkanes of at least 4 members (excludes halogenated alkanes) is 3. The van der Waals surface area contributed by atoms with Crippen molar-refractivity contribution in [3.8, 4) is 0 Å². The van der Waals surface area contributed by atoms with Gasteiger partial charge in [-0.25, -0.2) is 0 Å². The molecule has 23 heavy (non-hydrogen) atoms. The molecular formula is C17H38IN5. The number of hydrogen-bond acceptors (Lipinski definition) is 3. The molecule has 0 radical (unpaired) electrons. The lowest BCUT2D eigenvalue weighted by atomic mass is 10.1. The summed E-state index contributed by atoms with van der Waals surface area (Å²) >= 11 is 0. The minimum Gasteiger partial charge on any atom is -0.355 e. The van der Waals surface area contributed by atoms with E-state index in [0.717, 1.165) is 32.1 Å². The summed E-state index contributed by atoms with van der Waals surface area (Å²) in [4.78, 5) is 9.20. The van der Waals surface area contributed by atoms with Gasteiger partial charge in [-0.1, -0.05) is 32.6 Å². The van der Waals surface area contributed by atoms with Gasteiger partial charge in [-0.05, 0) is 27.4 Å². The highest BCUT2D eigenvalue weighted by atomic mass is 127. The fraction of sp³-hybridized carbons (Fsp3) is 0.941. The molecule has 0 aromatic heterocycles. The van der Waals surface area contributed by atoms with Crippen LogP contribution in [0.15, 0.2) is 4.99 Å². The quantitative estimate of drug-likeness (QED) is 0.264. The Bertz CT molecular complexity index is 324. The molecule has 1 fully saturated rings. The van der Waals surface area contributed by atoms with E-state index in [-0.39, 0.29) is 24.0 Å². The third-order valence-electron chi connectivity index (χ3n) is 4.58. The van der Waals surface area contributed by atoms with Crippen LogP contribution >= 0.6 is 24.0 Å². The lowest BCUT2D eigenvalue weighted by molar-refractivity contribution is 0.116. The Morgan fingerprint density at radius 2 is 1.96 bits per heavy atom. The minimum absolute atomic E-state index is 0. The summed E-state index contributed by atoms with van der Waals surface area (Å²) in [6.07, 6.45) is 6.51. The van der Waals surface area contributed by atoms with E-state index < -0.39 is 0 Å². The second kappa shape index (κ2) is 13.2. The Kier molecular flexibility index (Phi) is 13.2. The van der Waals surface area contributed by atoms with Gasteiger partial charge in [0.2, 0.25) is 0 Å². The number of rotatable bonds is 8. The first kappa shape index (κ1) is 22.9.